The lowest BCUT2D eigenvalue weighted by Gasteiger charge is -2.23. The molecule has 8 heteroatoms. The number of likely N-dealkylation sites (N-methyl/N-ethyl adjacent to an activating group) is 1. The van der Waals surface area contributed by atoms with E-state index < -0.39 is 16.1 Å². The summed E-state index contributed by atoms with van der Waals surface area (Å²) in [7, 11) is 0.0140. The second-order valence-electron chi connectivity index (χ2n) is 6.75. The van der Waals surface area contributed by atoms with E-state index in [0.29, 0.717) is 22.3 Å². The van der Waals surface area contributed by atoms with Gasteiger partial charge in [-0.05, 0) is 69.9 Å². The van der Waals surface area contributed by atoms with Gasteiger partial charge in [0.15, 0.2) is 0 Å². The molecule has 0 heterocycles. The first-order valence-corrected chi connectivity index (χ1v) is 10.7. The Balaban J connectivity index is 2.28. The van der Waals surface area contributed by atoms with Crippen LogP contribution in [-0.4, -0.2) is 40.1 Å². The number of halogens is 2. The number of ether oxygens (including phenoxy) is 1. The van der Waals surface area contributed by atoms with Gasteiger partial charge in [0, 0.05) is 6.54 Å². The van der Waals surface area contributed by atoms with Crippen molar-refractivity contribution in [3.05, 3.63) is 58.1 Å². The van der Waals surface area contributed by atoms with Crippen molar-refractivity contribution >= 4 is 33.2 Å². The van der Waals surface area contributed by atoms with Crippen LogP contribution in [-0.2, 0) is 10.0 Å². The van der Waals surface area contributed by atoms with Gasteiger partial charge in [-0.1, -0.05) is 29.3 Å². The molecule has 0 aliphatic carbocycles. The Bertz CT molecular complexity index is 869. The molecule has 1 N–H and O–H groups in total. The summed E-state index contributed by atoms with van der Waals surface area (Å²) in [6.07, 6.45) is 0.0182. The van der Waals surface area contributed by atoms with Gasteiger partial charge in [-0.15, -0.1) is 0 Å². The molecule has 1 atom stereocenters. The molecule has 2 aromatic rings. The van der Waals surface area contributed by atoms with Crippen LogP contribution in [0.15, 0.2) is 47.4 Å². The Morgan fingerprint density at radius 1 is 1.04 bits per heavy atom. The molecule has 0 saturated carbocycles. The quantitative estimate of drug-likeness (QED) is 0.675. The van der Waals surface area contributed by atoms with Crippen LogP contribution < -0.4 is 9.46 Å². The maximum Gasteiger partial charge on any atom is 0.241 e. The maximum atomic E-state index is 12.9. The van der Waals surface area contributed by atoms with Crippen molar-refractivity contribution in [3.8, 4) is 5.75 Å². The van der Waals surface area contributed by atoms with Gasteiger partial charge in [-0.25, -0.2) is 13.1 Å². The Labute approximate surface area is 171 Å². The largest absolute Gasteiger partial charge is 0.491 e. The van der Waals surface area contributed by atoms with Crippen molar-refractivity contribution in [2.45, 2.75) is 30.9 Å². The number of sulfonamides is 1. The molecule has 0 unspecified atom stereocenters. The van der Waals surface area contributed by atoms with Crippen LogP contribution in [0.5, 0.6) is 5.75 Å². The molecule has 0 spiro atoms. The molecule has 0 saturated heterocycles. The molecule has 0 aliphatic heterocycles. The van der Waals surface area contributed by atoms with Crippen molar-refractivity contribution in [2.24, 2.45) is 0 Å². The molecule has 148 valence electrons. The summed E-state index contributed by atoms with van der Waals surface area (Å²) in [4.78, 5) is 2.07. The topological polar surface area (TPSA) is 58.6 Å². The zero-order chi connectivity index (χ0) is 20.2. The lowest BCUT2D eigenvalue weighted by molar-refractivity contribution is 0.242. The van der Waals surface area contributed by atoms with Crippen molar-refractivity contribution in [3.63, 3.8) is 0 Å². The Morgan fingerprint density at radius 3 is 2.19 bits per heavy atom. The number of hydrogen-bond acceptors (Lipinski definition) is 4. The van der Waals surface area contributed by atoms with Crippen LogP contribution in [0.25, 0.3) is 0 Å². The average Bonchev–Trinajstić information content (AvgIpc) is 2.56. The summed E-state index contributed by atoms with van der Waals surface area (Å²) < 4.78 is 34.0. The first-order chi connectivity index (χ1) is 12.6. The molecule has 27 heavy (non-hydrogen) atoms. The Kier molecular flexibility index (Phi) is 7.54. The van der Waals surface area contributed by atoms with E-state index in [9.17, 15) is 8.42 Å². The molecule has 0 amide bonds. The average molecular weight is 431 g/mol. The highest BCUT2D eigenvalue weighted by molar-refractivity contribution is 7.89. The van der Waals surface area contributed by atoms with Crippen molar-refractivity contribution in [1.29, 1.82) is 0 Å². The van der Waals surface area contributed by atoms with E-state index in [1.165, 1.54) is 12.1 Å². The summed E-state index contributed by atoms with van der Waals surface area (Å²) >= 11 is 12.1. The van der Waals surface area contributed by atoms with Gasteiger partial charge in [0.2, 0.25) is 10.0 Å². The molecule has 0 fully saturated rings. The third kappa shape index (κ3) is 6.36. The molecule has 2 aromatic carbocycles. The van der Waals surface area contributed by atoms with Crippen molar-refractivity contribution in [2.75, 3.05) is 20.6 Å². The lowest BCUT2D eigenvalue weighted by Crippen LogP contribution is -2.35. The number of benzene rings is 2. The number of rotatable bonds is 8. The SMILES string of the molecule is CC(C)Oc1ccc(S(=O)(=O)N[C@@H](CN(C)C)c2ccc(Cl)c(Cl)c2)cc1. The monoisotopic (exact) mass is 430 g/mol. The van der Waals surface area contributed by atoms with Gasteiger partial charge >= 0.3 is 0 Å². The Hall–Kier alpha value is -1.31. The second kappa shape index (κ2) is 9.26. The van der Waals surface area contributed by atoms with Gasteiger partial charge < -0.3 is 9.64 Å². The summed E-state index contributed by atoms with van der Waals surface area (Å²) in [5.74, 6) is 0.623. The minimum Gasteiger partial charge on any atom is -0.491 e. The molecule has 5 nitrogen and oxygen atoms in total. The first-order valence-electron chi connectivity index (χ1n) is 8.47. The molecule has 2 rings (SSSR count). The van der Waals surface area contributed by atoms with Gasteiger partial charge in [0.25, 0.3) is 0 Å². The van der Waals surface area contributed by atoms with Crippen LogP contribution in [0.2, 0.25) is 10.0 Å². The molecular formula is C19H24Cl2N2O3S. The number of hydrogen-bond donors (Lipinski definition) is 1. The predicted octanol–water partition coefficient (Wildman–Crippen LogP) is 4.36. The molecule has 0 aromatic heterocycles. The van der Waals surface area contributed by atoms with Crippen molar-refractivity contribution in [1.82, 2.24) is 9.62 Å². The highest BCUT2D eigenvalue weighted by Crippen LogP contribution is 2.27. The Morgan fingerprint density at radius 2 is 1.67 bits per heavy atom. The number of nitrogens with one attached hydrogen (secondary N) is 1. The fourth-order valence-corrected chi connectivity index (χ4v) is 4.05. The van der Waals surface area contributed by atoms with Gasteiger partial charge in [0.05, 0.1) is 27.1 Å². The van der Waals surface area contributed by atoms with E-state index in [2.05, 4.69) is 4.72 Å². The fourth-order valence-electron chi connectivity index (χ4n) is 2.53. The van der Waals surface area contributed by atoms with E-state index in [1.807, 2.05) is 32.8 Å². The van der Waals surface area contributed by atoms with Gasteiger partial charge in [-0.2, -0.15) is 0 Å². The van der Waals surface area contributed by atoms with Gasteiger partial charge in [-0.3, -0.25) is 0 Å². The molecular weight excluding hydrogens is 407 g/mol. The van der Waals surface area contributed by atoms with Crippen LogP contribution in [0.3, 0.4) is 0 Å². The van der Waals surface area contributed by atoms with E-state index in [1.54, 1.807) is 30.3 Å². The van der Waals surface area contributed by atoms with Crippen LogP contribution >= 0.6 is 23.2 Å². The van der Waals surface area contributed by atoms with Crippen LogP contribution in [0.4, 0.5) is 0 Å². The standard InChI is InChI=1S/C19H24Cl2N2O3S/c1-13(2)26-15-6-8-16(9-7-15)27(24,25)22-19(12-23(3)4)14-5-10-17(20)18(21)11-14/h5-11,13,19,22H,12H2,1-4H3/t19-/m0/s1. The highest BCUT2D eigenvalue weighted by Gasteiger charge is 2.23. The third-order valence-electron chi connectivity index (χ3n) is 3.70. The minimum absolute atomic E-state index is 0.0182. The first kappa shape index (κ1) is 22.0. The lowest BCUT2D eigenvalue weighted by atomic mass is 10.1. The van der Waals surface area contributed by atoms with Gasteiger partial charge in [0.1, 0.15) is 5.75 Å². The van der Waals surface area contributed by atoms with E-state index in [0.717, 1.165) is 5.56 Å². The van der Waals surface area contributed by atoms with E-state index in [-0.39, 0.29) is 11.0 Å². The van der Waals surface area contributed by atoms with E-state index >= 15 is 0 Å². The summed E-state index contributed by atoms with van der Waals surface area (Å²) in [5.41, 5.74) is 0.737. The van der Waals surface area contributed by atoms with Crippen LogP contribution in [0, 0.1) is 0 Å². The minimum atomic E-state index is -3.73. The zero-order valence-electron chi connectivity index (χ0n) is 15.7. The second-order valence-corrected chi connectivity index (χ2v) is 9.28. The number of nitrogens with zero attached hydrogens (tertiary/aromatic N) is 1. The van der Waals surface area contributed by atoms with Crippen LogP contribution in [0.1, 0.15) is 25.5 Å². The normalized spacial score (nSPS) is 13.2. The predicted molar refractivity (Wildman–Crippen MR) is 110 cm³/mol. The smallest absolute Gasteiger partial charge is 0.241 e. The summed E-state index contributed by atoms with van der Waals surface area (Å²) in [6, 6.07) is 11.0. The molecule has 0 aliphatic rings. The van der Waals surface area contributed by atoms with Crippen molar-refractivity contribution < 1.29 is 13.2 Å². The third-order valence-corrected chi connectivity index (χ3v) is 5.92. The summed E-state index contributed by atoms with van der Waals surface area (Å²) in [6.45, 7) is 4.29. The highest BCUT2D eigenvalue weighted by atomic mass is 35.5. The molecule has 0 radical (unpaired) electrons. The molecule has 0 bridgehead atoms. The summed E-state index contributed by atoms with van der Waals surface area (Å²) in [5, 5.41) is 0.805. The zero-order valence-corrected chi connectivity index (χ0v) is 18.1. The van der Waals surface area contributed by atoms with E-state index in [4.69, 9.17) is 27.9 Å². The fraction of sp³-hybridized carbons (Fsp3) is 0.368. The maximum absolute atomic E-state index is 12.9.